The molecule has 9 heteroatoms. The van der Waals surface area contributed by atoms with Gasteiger partial charge in [-0.05, 0) is 45.5 Å². The first-order valence-corrected chi connectivity index (χ1v) is 16.4. The van der Waals surface area contributed by atoms with Gasteiger partial charge in [0, 0.05) is 17.3 Å². The van der Waals surface area contributed by atoms with E-state index in [2.05, 4.69) is 46.5 Å². The fourth-order valence-corrected chi connectivity index (χ4v) is 6.53. The van der Waals surface area contributed by atoms with Gasteiger partial charge >= 0.3 is 5.97 Å². The van der Waals surface area contributed by atoms with Gasteiger partial charge in [0.1, 0.15) is 23.1 Å². The standard InChI is InChI=1S/C41H32ClN5O3/c1-28-26-36(37(38(42)43-28)40(48)49-2)50-27-29-22-24-30(25-23-29)34-20-12-13-21-35(34)39-44-46-47(45-39)41(31-14-6-3-7-15-31,32-16-8-4-9-17-32)33-18-10-5-11-19-33/h3-26H,27H2,1-2H3. The first kappa shape index (κ1) is 32.4. The van der Waals surface area contributed by atoms with Gasteiger partial charge in [0.25, 0.3) is 0 Å². The Kier molecular flexibility index (Phi) is 9.18. The fourth-order valence-electron chi connectivity index (χ4n) is 6.23. The van der Waals surface area contributed by atoms with E-state index in [0.29, 0.717) is 17.3 Å². The molecule has 0 radical (unpaired) electrons. The van der Waals surface area contributed by atoms with Gasteiger partial charge in [-0.15, -0.1) is 15.0 Å². The van der Waals surface area contributed by atoms with Gasteiger partial charge in [0.05, 0.1) is 7.11 Å². The number of aryl methyl sites for hydroxylation is 1. The number of hydrogen-bond donors (Lipinski definition) is 0. The smallest absolute Gasteiger partial charge is 0.344 e. The molecule has 0 N–H and O–H groups in total. The molecule has 0 spiro atoms. The van der Waals surface area contributed by atoms with E-state index in [1.165, 1.54) is 7.11 Å². The molecule has 8 nitrogen and oxygen atoms in total. The van der Waals surface area contributed by atoms with E-state index in [4.69, 9.17) is 31.4 Å². The number of pyridine rings is 1. The van der Waals surface area contributed by atoms with Crippen LogP contribution in [-0.2, 0) is 16.9 Å². The van der Waals surface area contributed by atoms with Crippen LogP contribution in [0.25, 0.3) is 22.5 Å². The van der Waals surface area contributed by atoms with Crippen molar-refractivity contribution in [2.24, 2.45) is 0 Å². The maximum Gasteiger partial charge on any atom is 0.344 e. The summed E-state index contributed by atoms with van der Waals surface area (Å²) in [5.41, 5.74) is 6.54. The van der Waals surface area contributed by atoms with Crippen molar-refractivity contribution in [3.63, 3.8) is 0 Å². The molecule has 0 saturated carbocycles. The second-order valence-corrected chi connectivity index (χ2v) is 12.0. The van der Waals surface area contributed by atoms with Crippen molar-refractivity contribution in [2.75, 3.05) is 7.11 Å². The number of ether oxygens (including phenoxy) is 2. The maximum atomic E-state index is 12.4. The van der Waals surface area contributed by atoms with Crippen molar-refractivity contribution in [1.29, 1.82) is 0 Å². The van der Waals surface area contributed by atoms with Crippen molar-refractivity contribution in [3.8, 4) is 28.3 Å². The molecule has 0 aliphatic carbocycles. The summed E-state index contributed by atoms with van der Waals surface area (Å²) in [6.45, 7) is 1.99. The lowest BCUT2D eigenvalue weighted by Gasteiger charge is -2.34. The number of rotatable bonds is 10. The number of aromatic nitrogens is 5. The summed E-state index contributed by atoms with van der Waals surface area (Å²) in [5.74, 6) is 0.208. The number of carbonyl (C=O) groups excluding carboxylic acids is 1. The Bertz CT molecular complexity index is 2150. The number of hydrogen-bond acceptors (Lipinski definition) is 7. The maximum absolute atomic E-state index is 12.4. The summed E-state index contributed by atoms with van der Waals surface area (Å²) >= 11 is 6.26. The largest absolute Gasteiger partial charge is 0.488 e. The number of nitrogens with zero attached hydrogens (tertiary/aromatic N) is 5. The number of methoxy groups -OCH3 is 1. The van der Waals surface area contributed by atoms with Crippen LogP contribution in [0.3, 0.4) is 0 Å². The van der Waals surface area contributed by atoms with Crippen LogP contribution in [0, 0.1) is 6.92 Å². The van der Waals surface area contributed by atoms with Crippen LogP contribution < -0.4 is 4.74 Å². The minimum atomic E-state index is -0.878. The van der Waals surface area contributed by atoms with Crippen LogP contribution in [0.4, 0.5) is 0 Å². The van der Waals surface area contributed by atoms with Gasteiger partial charge < -0.3 is 9.47 Å². The number of esters is 1. The predicted octanol–water partition coefficient (Wildman–Crippen LogP) is 8.57. The molecule has 0 aliphatic heterocycles. The van der Waals surface area contributed by atoms with Crippen LogP contribution in [0.2, 0.25) is 5.15 Å². The Morgan fingerprint density at radius 3 is 1.84 bits per heavy atom. The Hall–Kier alpha value is -6.12. The Morgan fingerprint density at radius 2 is 1.28 bits per heavy atom. The quantitative estimate of drug-likeness (QED) is 0.0814. The monoisotopic (exact) mass is 677 g/mol. The molecule has 7 rings (SSSR count). The average Bonchev–Trinajstić information content (AvgIpc) is 3.66. The lowest BCUT2D eigenvalue weighted by molar-refractivity contribution is 0.0595. The van der Waals surface area contributed by atoms with Crippen molar-refractivity contribution >= 4 is 17.6 Å². The first-order chi connectivity index (χ1) is 24.5. The number of tetrazole rings is 1. The molecule has 50 heavy (non-hydrogen) atoms. The number of benzene rings is 5. The number of halogens is 1. The van der Waals surface area contributed by atoms with Crippen molar-refractivity contribution in [2.45, 2.75) is 19.1 Å². The summed E-state index contributed by atoms with van der Waals surface area (Å²) in [6, 6.07) is 48.5. The van der Waals surface area contributed by atoms with Crippen molar-refractivity contribution in [1.82, 2.24) is 25.2 Å². The SMILES string of the molecule is COC(=O)c1c(OCc2ccc(-c3ccccc3-c3nnn(C(c4ccccc4)(c4ccccc4)c4ccccc4)n3)cc2)cc(C)nc1Cl. The van der Waals surface area contributed by atoms with E-state index in [1.54, 1.807) is 17.8 Å². The highest BCUT2D eigenvalue weighted by Crippen LogP contribution is 2.40. The lowest BCUT2D eigenvalue weighted by Crippen LogP contribution is -2.39. The topological polar surface area (TPSA) is 92.0 Å². The molecule has 5 aromatic carbocycles. The van der Waals surface area contributed by atoms with Crippen LogP contribution in [0.15, 0.2) is 146 Å². The summed E-state index contributed by atoms with van der Waals surface area (Å²) in [7, 11) is 1.29. The summed E-state index contributed by atoms with van der Waals surface area (Å²) < 4.78 is 10.9. The van der Waals surface area contributed by atoms with E-state index in [1.807, 2.05) is 103 Å². The van der Waals surface area contributed by atoms with Gasteiger partial charge in [-0.3, -0.25) is 0 Å². The first-order valence-electron chi connectivity index (χ1n) is 16.0. The molecular formula is C41H32ClN5O3. The minimum Gasteiger partial charge on any atom is -0.488 e. The van der Waals surface area contributed by atoms with Crippen LogP contribution >= 0.6 is 11.6 Å². The second kappa shape index (κ2) is 14.2. The molecule has 0 aliphatic rings. The van der Waals surface area contributed by atoms with Crippen LogP contribution in [-0.4, -0.2) is 38.3 Å². The highest BCUT2D eigenvalue weighted by atomic mass is 35.5. The summed E-state index contributed by atoms with van der Waals surface area (Å²) in [4.78, 5) is 18.3. The Morgan fingerprint density at radius 1 is 0.740 bits per heavy atom. The van der Waals surface area contributed by atoms with Gasteiger partial charge in [-0.25, -0.2) is 9.78 Å². The van der Waals surface area contributed by atoms with E-state index in [0.717, 1.165) is 38.9 Å². The number of carbonyl (C=O) groups is 1. The minimum absolute atomic E-state index is 0.0397. The average molecular weight is 678 g/mol. The van der Waals surface area contributed by atoms with Crippen molar-refractivity contribution < 1.29 is 14.3 Å². The summed E-state index contributed by atoms with van der Waals surface area (Å²) in [5, 5.41) is 14.5. The van der Waals surface area contributed by atoms with Crippen molar-refractivity contribution in [3.05, 3.63) is 184 Å². The van der Waals surface area contributed by atoms with E-state index in [-0.39, 0.29) is 17.3 Å². The zero-order chi connectivity index (χ0) is 34.5. The highest BCUT2D eigenvalue weighted by molar-refractivity contribution is 6.32. The zero-order valence-electron chi connectivity index (χ0n) is 27.4. The van der Waals surface area contributed by atoms with Crippen LogP contribution in [0.5, 0.6) is 5.75 Å². The molecule has 2 heterocycles. The van der Waals surface area contributed by atoms with Gasteiger partial charge in [0.2, 0.25) is 5.82 Å². The normalized spacial score (nSPS) is 11.3. The second-order valence-electron chi connectivity index (χ2n) is 11.7. The van der Waals surface area contributed by atoms with Gasteiger partial charge in [-0.2, -0.15) is 0 Å². The molecular weight excluding hydrogens is 646 g/mol. The van der Waals surface area contributed by atoms with Crippen LogP contribution in [0.1, 0.15) is 38.3 Å². The van der Waals surface area contributed by atoms with E-state index >= 15 is 0 Å². The Labute approximate surface area is 294 Å². The Balaban J connectivity index is 1.24. The molecule has 0 atom stereocenters. The molecule has 0 amide bonds. The third-order valence-corrected chi connectivity index (χ3v) is 8.85. The fraction of sp³-hybridized carbons (Fsp3) is 0.0976. The van der Waals surface area contributed by atoms with E-state index in [9.17, 15) is 4.79 Å². The molecule has 2 aromatic heterocycles. The molecule has 246 valence electrons. The third kappa shape index (κ3) is 6.13. The lowest BCUT2D eigenvalue weighted by atomic mass is 9.77. The zero-order valence-corrected chi connectivity index (χ0v) is 28.2. The van der Waals surface area contributed by atoms with E-state index < -0.39 is 11.5 Å². The molecule has 0 bridgehead atoms. The third-order valence-electron chi connectivity index (χ3n) is 8.57. The highest BCUT2D eigenvalue weighted by Gasteiger charge is 2.41. The predicted molar refractivity (Wildman–Crippen MR) is 193 cm³/mol. The summed E-state index contributed by atoms with van der Waals surface area (Å²) in [6.07, 6.45) is 0. The molecule has 0 saturated heterocycles. The molecule has 7 aromatic rings. The van der Waals surface area contributed by atoms with Gasteiger partial charge in [0.15, 0.2) is 5.54 Å². The molecule has 0 unspecified atom stereocenters. The van der Waals surface area contributed by atoms with Gasteiger partial charge in [-0.1, -0.05) is 151 Å². The molecule has 0 fully saturated rings.